The maximum Gasteiger partial charge on any atom is 0.255 e. The van der Waals surface area contributed by atoms with Gasteiger partial charge in [-0.2, -0.15) is 0 Å². The fourth-order valence-electron chi connectivity index (χ4n) is 3.91. The Morgan fingerprint density at radius 1 is 1.32 bits per heavy atom. The number of hydrogen-bond acceptors (Lipinski definition) is 5. The summed E-state index contributed by atoms with van der Waals surface area (Å²) in [7, 11) is 0. The standard InChI is InChI=1S/C20H26N6O2/c1-3-17(27)26-8-7-14(9-12(26)2)23-16-11-22-19-18(25-16)15(10-21-19)20(28)24-13-5-4-6-13/h3,10-14H,1,4-9H2,2H3,(H,21,22)(H,23,25)(H,24,28). The summed E-state index contributed by atoms with van der Waals surface area (Å²) in [5.41, 5.74) is 1.70. The molecule has 0 bridgehead atoms. The van der Waals surface area contributed by atoms with Crippen LogP contribution in [0, 0.1) is 0 Å². The summed E-state index contributed by atoms with van der Waals surface area (Å²) in [5.74, 6) is 0.513. The third-order valence-electron chi connectivity index (χ3n) is 5.75. The second-order valence-corrected chi connectivity index (χ2v) is 7.71. The molecule has 8 heteroatoms. The highest BCUT2D eigenvalue weighted by molar-refractivity contribution is 6.04. The number of anilines is 1. The molecule has 8 nitrogen and oxygen atoms in total. The van der Waals surface area contributed by atoms with E-state index in [9.17, 15) is 9.59 Å². The zero-order valence-electron chi connectivity index (χ0n) is 16.1. The Bertz CT molecular complexity index is 903. The van der Waals surface area contributed by atoms with Gasteiger partial charge in [0, 0.05) is 30.9 Å². The molecule has 0 aromatic carbocycles. The molecule has 148 valence electrons. The largest absolute Gasteiger partial charge is 0.366 e. The van der Waals surface area contributed by atoms with Crippen molar-refractivity contribution in [3.05, 3.63) is 30.6 Å². The minimum absolute atomic E-state index is 0.0263. The van der Waals surface area contributed by atoms with Crippen LogP contribution >= 0.6 is 0 Å². The Hall–Kier alpha value is -2.90. The molecule has 0 spiro atoms. The lowest BCUT2D eigenvalue weighted by atomic mass is 9.93. The smallest absolute Gasteiger partial charge is 0.255 e. The Labute approximate surface area is 163 Å². The van der Waals surface area contributed by atoms with Crippen molar-refractivity contribution in [2.45, 2.75) is 57.2 Å². The number of aromatic nitrogens is 3. The number of fused-ring (bicyclic) bond motifs is 1. The van der Waals surface area contributed by atoms with Gasteiger partial charge in [0.25, 0.3) is 5.91 Å². The average Bonchev–Trinajstić information content (AvgIpc) is 3.07. The van der Waals surface area contributed by atoms with Gasteiger partial charge in [0.1, 0.15) is 11.3 Å². The van der Waals surface area contributed by atoms with Gasteiger partial charge >= 0.3 is 0 Å². The summed E-state index contributed by atoms with van der Waals surface area (Å²) >= 11 is 0. The zero-order chi connectivity index (χ0) is 19.7. The molecule has 4 rings (SSSR count). The van der Waals surface area contributed by atoms with Crippen LogP contribution in [0.4, 0.5) is 5.82 Å². The van der Waals surface area contributed by atoms with Crippen LogP contribution in [-0.4, -0.2) is 56.3 Å². The highest BCUT2D eigenvalue weighted by atomic mass is 16.2. The predicted octanol–water partition coefficient (Wildman–Crippen LogP) is 2.22. The van der Waals surface area contributed by atoms with E-state index in [1.165, 1.54) is 12.5 Å². The van der Waals surface area contributed by atoms with Crippen molar-refractivity contribution >= 4 is 28.8 Å². The van der Waals surface area contributed by atoms with E-state index < -0.39 is 0 Å². The zero-order valence-corrected chi connectivity index (χ0v) is 16.1. The molecule has 2 aromatic heterocycles. The third-order valence-corrected chi connectivity index (χ3v) is 5.75. The van der Waals surface area contributed by atoms with E-state index in [-0.39, 0.29) is 29.9 Å². The van der Waals surface area contributed by atoms with E-state index >= 15 is 0 Å². The van der Waals surface area contributed by atoms with E-state index in [0.717, 1.165) is 25.7 Å². The van der Waals surface area contributed by atoms with Crippen LogP contribution in [-0.2, 0) is 4.79 Å². The van der Waals surface area contributed by atoms with Crippen molar-refractivity contribution in [3.8, 4) is 0 Å². The van der Waals surface area contributed by atoms with E-state index in [4.69, 9.17) is 0 Å². The number of hydrogen-bond donors (Lipinski definition) is 3. The summed E-state index contributed by atoms with van der Waals surface area (Å²) < 4.78 is 0. The van der Waals surface area contributed by atoms with Gasteiger partial charge < -0.3 is 20.5 Å². The fraction of sp³-hybridized carbons (Fsp3) is 0.500. The maximum atomic E-state index is 12.5. The van der Waals surface area contributed by atoms with Crippen molar-refractivity contribution < 1.29 is 9.59 Å². The highest BCUT2D eigenvalue weighted by Gasteiger charge is 2.28. The van der Waals surface area contributed by atoms with Crippen LogP contribution in [0.5, 0.6) is 0 Å². The Morgan fingerprint density at radius 3 is 2.82 bits per heavy atom. The van der Waals surface area contributed by atoms with E-state index in [1.807, 2.05) is 11.8 Å². The molecule has 2 unspecified atom stereocenters. The van der Waals surface area contributed by atoms with Crippen LogP contribution in [0.1, 0.15) is 49.4 Å². The van der Waals surface area contributed by atoms with Gasteiger partial charge in [0.15, 0.2) is 5.65 Å². The SMILES string of the molecule is C=CC(=O)N1CCC(Nc2cnc3[nH]cc(C(=O)NC4CCC4)c3n2)CC1C. The summed E-state index contributed by atoms with van der Waals surface area (Å²) in [4.78, 5) is 38.3. The van der Waals surface area contributed by atoms with Crippen LogP contribution < -0.4 is 10.6 Å². The van der Waals surface area contributed by atoms with Gasteiger partial charge in [-0.3, -0.25) is 9.59 Å². The summed E-state index contributed by atoms with van der Waals surface area (Å²) in [6.45, 7) is 6.29. The first-order valence-corrected chi connectivity index (χ1v) is 9.89. The second kappa shape index (κ2) is 7.61. The molecule has 2 aromatic rings. The van der Waals surface area contributed by atoms with Crippen molar-refractivity contribution in [1.82, 2.24) is 25.2 Å². The number of nitrogens with zero attached hydrogens (tertiary/aromatic N) is 3. The van der Waals surface area contributed by atoms with Crippen LogP contribution in [0.2, 0.25) is 0 Å². The van der Waals surface area contributed by atoms with Crippen LogP contribution in [0.25, 0.3) is 11.2 Å². The first kappa shape index (κ1) is 18.5. The Balaban J connectivity index is 1.46. The van der Waals surface area contributed by atoms with Gasteiger partial charge in [-0.25, -0.2) is 9.97 Å². The molecular weight excluding hydrogens is 356 g/mol. The van der Waals surface area contributed by atoms with E-state index in [1.54, 1.807) is 12.4 Å². The summed E-state index contributed by atoms with van der Waals surface area (Å²) in [6.07, 6.45) is 9.61. The van der Waals surface area contributed by atoms with Crippen molar-refractivity contribution in [1.29, 1.82) is 0 Å². The minimum Gasteiger partial charge on any atom is -0.366 e. The van der Waals surface area contributed by atoms with Gasteiger partial charge in [0.05, 0.1) is 11.8 Å². The lowest BCUT2D eigenvalue weighted by Crippen LogP contribution is -2.47. The molecule has 2 atom stereocenters. The van der Waals surface area contributed by atoms with Crippen molar-refractivity contribution in [3.63, 3.8) is 0 Å². The van der Waals surface area contributed by atoms with E-state index in [0.29, 0.717) is 29.1 Å². The Morgan fingerprint density at radius 2 is 2.14 bits per heavy atom. The number of rotatable bonds is 5. The van der Waals surface area contributed by atoms with Crippen molar-refractivity contribution in [2.24, 2.45) is 0 Å². The number of piperidine rings is 1. The fourth-order valence-corrected chi connectivity index (χ4v) is 3.91. The van der Waals surface area contributed by atoms with Gasteiger partial charge in [-0.05, 0) is 45.1 Å². The highest BCUT2D eigenvalue weighted by Crippen LogP contribution is 2.23. The quantitative estimate of drug-likeness (QED) is 0.688. The molecule has 0 radical (unpaired) electrons. The number of carbonyl (C=O) groups excluding carboxylic acids is 2. The molecule has 1 saturated carbocycles. The molecule has 1 aliphatic carbocycles. The minimum atomic E-state index is -0.104. The third kappa shape index (κ3) is 3.58. The molecule has 3 heterocycles. The number of amides is 2. The summed E-state index contributed by atoms with van der Waals surface area (Å²) in [5, 5.41) is 6.46. The lowest BCUT2D eigenvalue weighted by Gasteiger charge is -2.37. The first-order chi connectivity index (χ1) is 13.5. The molecule has 1 saturated heterocycles. The Kier molecular flexibility index (Phi) is 5.02. The number of carbonyl (C=O) groups is 2. The predicted molar refractivity (Wildman–Crippen MR) is 107 cm³/mol. The molecule has 2 amide bonds. The number of nitrogens with one attached hydrogen (secondary N) is 3. The second-order valence-electron chi connectivity index (χ2n) is 7.71. The molecule has 28 heavy (non-hydrogen) atoms. The van der Waals surface area contributed by atoms with E-state index in [2.05, 4.69) is 32.2 Å². The molecule has 2 fully saturated rings. The number of H-pyrrole nitrogens is 1. The maximum absolute atomic E-state index is 12.5. The van der Waals surface area contributed by atoms with Gasteiger partial charge in [-0.15, -0.1) is 0 Å². The average molecular weight is 382 g/mol. The first-order valence-electron chi connectivity index (χ1n) is 9.89. The monoisotopic (exact) mass is 382 g/mol. The molecule has 2 aliphatic rings. The number of aromatic amines is 1. The van der Waals surface area contributed by atoms with Gasteiger partial charge in [0.2, 0.25) is 5.91 Å². The number of likely N-dealkylation sites (tertiary alicyclic amines) is 1. The summed E-state index contributed by atoms with van der Waals surface area (Å²) in [6, 6.07) is 0.600. The molecule has 1 aliphatic heterocycles. The van der Waals surface area contributed by atoms with Crippen LogP contribution in [0.3, 0.4) is 0 Å². The lowest BCUT2D eigenvalue weighted by molar-refractivity contribution is -0.129. The molecule has 3 N–H and O–H groups in total. The molecular formula is C20H26N6O2. The normalized spacial score (nSPS) is 22.5. The van der Waals surface area contributed by atoms with Crippen LogP contribution in [0.15, 0.2) is 25.0 Å². The van der Waals surface area contributed by atoms with Crippen molar-refractivity contribution in [2.75, 3.05) is 11.9 Å². The topological polar surface area (TPSA) is 103 Å². The van der Waals surface area contributed by atoms with Gasteiger partial charge in [-0.1, -0.05) is 6.58 Å².